The number of halogens is 4. The van der Waals surface area contributed by atoms with Crippen molar-refractivity contribution in [3.8, 4) is 0 Å². The first-order chi connectivity index (χ1) is 9.61. The molecule has 0 fully saturated rings. The number of rotatable bonds is 4. The van der Waals surface area contributed by atoms with Gasteiger partial charge in [0.1, 0.15) is 11.6 Å². The second-order valence-electron chi connectivity index (χ2n) is 4.23. The Bertz CT molecular complexity index is 554. The van der Waals surface area contributed by atoms with Crippen LogP contribution in [0.2, 0.25) is 0 Å². The average molecular weight is 496 g/mol. The molecule has 0 amide bonds. The Labute approximate surface area is 144 Å². The van der Waals surface area contributed by atoms with E-state index < -0.39 is 0 Å². The van der Waals surface area contributed by atoms with E-state index >= 15 is 0 Å². The Morgan fingerprint density at radius 3 is 1.55 bits per heavy atom. The van der Waals surface area contributed by atoms with Crippen molar-refractivity contribution in [2.75, 3.05) is 4.43 Å². The summed E-state index contributed by atoms with van der Waals surface area (Å²) in [4.78, 5) is 0. The highest BCUT2D eigenvalue weighted by molar-refractivity contribution is 14.1. The topological polar surface area (TPSA) is 0 Å². The second-order valence-corrected chi connectivity index (χ2v) is 6.61. The zero-order valence-corrected chi connectivity index (χ0v) is 14.9. The molecule has 0 spiro atoms. The minimum Gasteiger partial charge on any atom is -0.207 e. The molecule has 2 aromatic carbocycles. The Hall–Kier alpha value is -0.500. The number of hydrogen-bond donors (Lipinski definition) is 0. The van der Waals surface area contributed by atoms with Gasteiger partial charge in [-0.25, -0.2) is 8.78 Å². The summed E-state index contributed by atoms with van der Waals surface area (Å²) in [6.07, 6.45) is 0.936. The van der Waals surface area contributed by atoms with E-state index in [-0.39, 0.29) is 11.6 Å². The van der Waals surface area contributed by atoms with Crippen LogP contribution in [0.1, 0.15) is 17.5 Å². The second kappa shape index (κ2) is 7.49. The first kappa shape index (κ1) is 15.9. The summed E-state index contributed by atoms with van der Waals surface area (Å²) in [5.74, 6) is -0.507. The summed E-state index contributed by atoms with van der Waals surface area (Å²) in [7, 11) is 0. The highest BCUT2D eigenvalue weighted by atomic mass is 127. The monoisotopic (exact) mass is 496 g/mol. The van der Waals surface area contributed by atoms with Crippen molar-refractivity contribution in [1.82, 2.24) is 0 Å². The molecule has 0 atom stereocenters. The molecule has 0 radical (unpaired) electrons. The molecule has 0 saturated heterocycles. The molecule has 0 unspecified atom stereocenters. The highest BCUT2D eigenvalue weighted by Gasteiger charge is 2.10. The van der Waals surface area contributed by atoms with Crippen LogP contribution < -0.4 is 0 Å². The molecule has 0 aliphatic carbocycles. The van der Waals surface area contributed by atoms with Gasteiger partial charge in [0.05, 0.1) is 0 Å². The molecule has 2 aromatic rings. The third-order valence-electron chi connectivity index (χ3n) is 2.85. The van der Waals surface area contributed by atoms with Crippen LogP contribution in [0.4, 0.5) is 8.78 Å². The molecule has 2 rings (SSSR count). The SMILES string of the molecule is Fc1ccc(C(=C(I)CCI)c2ccc(F)cc2)cc1. The van der Waals surface area contributed by atoms with E-state index in [4.69, 9.17) is 0 Å². The fourth-order valence-electron chi connectivity index (χ4n) is 1.92. The number of allylic oxidation sites excluding steroid dienone is 1. The maximum atomic E-state index is 13.1. The predicted octanol–water partition coefficient (Wildman–Crippen LogP) is 5.98. The Morgan fingerprint density at radius 2 is 1.20 bits per heavy atom. The lowest BCUT2D eigenvalue weighted by Gasteiger charge is -2.12. The maximum absolute atomic E-state index is 13.1. The minimum absolute atomic E-state index is 0.254. The van der Waals surface area contributed by atoms with Gasteiger partial charge >= 0.3 is 0 Å². The normalized spacial score (nSPS) is 10.4. The summed E-state index contributed by atoms with van der Waals surface area (Å²) in [5, 5.41) is 0. The van der Waals surface area contributed by atoms with Crippen LogP contribution >= 0.6 is 45.2 Å². The van der Waals surface area contributed by atoms with E-state index in [0.717, 1.165) is 27.5 Å². The van der Waals surface area contributed by atoms with Gasteiger partial charge in [0, 0.05) is 4.43 Å². The van der Waals surface area contributed by atoms with Gasteiger partial charge < -0.3 is 0 Å². The third-order valence-corrected chi connectivity index (χ3v) is 4.47. The van der Waals surface area contributed by atoms with E-state index in [1.54, 1.807) is 24.3 Å². The van der Waals surface area contributed by atoms with Crippen LogP contribution in [0.5, 0.6) is 0 Å². The zero-order valence-electron chi connectivity index (χ0n) is 10.5. The van der Waals surface area contributed by atoms with Crippen molar-refractivity contribution in [3.05, 3.63) is 74.9 Å². The smallest absolute Gasteiger partial charge is 0.123 e. The maximum Gasteiger partial charge on any atom is 0.123 e. The van der Waals surface area contributed by atoms with Crippen LogP contribution in [0.15, 0.2) is 52.1 Å². The molecule has 0 saturated carbocycles. The summed E-state index contributed by atoms with van der Waals surface area (Å²) < 4.78 is 28.4. The average Bonchev–Trinajstić information content (AvgIpc) is 2.44. The molecule has 0 heterocycles. The van der Waals surface area contributed by atoms with Crippen LogP contribution in [-0.4, -0.2) is 4.43 Å². The molecular weight excluding hydrogens is 484 g/mol. The van der Waals surface area contributed by atoms with Crippen LogP contribution in [0.25, 0.3) is 5.57 Å². The number of benzene rings is 2. The summed E-state index contributed by atoms with van der Waals surface area (Å²) >= 11 is 4.64. The zero-order chi connectivity index (χ0) is 14.5. The fraction of sp³-hybridized carbons (Fsp3) is 0.125. The third kappa shape index (κ3) is 4.00. The molecule has 0 bridgehead atoms. The first-order valence-electron chi connectivity index (χ1n) is 6.08. The van der Waals surface area contributed by atoms with Crippen molar-refractivity contribution in [2.45, 2.75) is 6.42 Å². The minimum atomic E-state index is -0.254. The van der Waals surface area contributed by atoms with Crippen LogP contribution in [0, 0.1) is 11.6 Å². The summed E-state index contributed by atoms with van der Waals surface area (Å²) in [6.45, 7) is 0. The van der Waals surface area contributed by atoms with Gasteiger partial charge in [-0.3, -0.25) is 0 Å². The van der Waals surface area contributed by atoms with Crippen molar-refractivity contribution in [3.63, 3.8) is 0 Å². The quantitative estimate of drug-likeness (QED) is 0.361. The number of alkyl halides is 1. The standard InChI is InChI=1S/C16H12F2I2/c17-13-5-1-11(2-6-13)16(15(20)9-10-19)12-3-7-14(18)8-4-12/h1-8H,9-10H2. The molecular formula is C16H12F2I2. The summed E-state index contributed by atoms with van der Waals surface area (Å²) in [6, 6.07) is 12.9. The van der Waals surface area contributed by atoms with E-state index in [2.05, 4.69) is 45.2 Å². The van der Waals surface area contributed by atoms with E-state index in [1.165, 1.54) is 27.8 Å². The lowest BCUT2D eigenvalue weighted by atomic mass is 9.97. The van der Waals surface area contributed by atoms with Crippen molar-refractivity contribution in [2.24, 2.45) is 0 Å². The first-order valence-corrected chi connectivity index (χ1v) is 8.68. The molecule has 20 heavy (non-hydrogen) atoms. The van der Waals surface area contributed by atoms with Gasteiger partial charge in [-0.15, -0.1) is 0 Å². The van der Waals surface area contributed by atoms with E-state index in [1.807, 2.05) is 0 Å². The van der Waals surface area contributed by atoms with E-state index in [9.17, 15) is 8.78 Å². The molecule has 0 N–H and O–H groups in total. The molecule has 0 aliphatic rings. The van der Waals surface area contributed by atoms with Gasteiger partial charge in [-0.2, -0.15) is 0 Å². The molecule has 0 nitrogen and oxygen atoms in total. The Kier molecular flexibility index (Phi) is 5.95. The van der Waals surface area contributed by atoms with Crippen molar-refractivity contribution in [1.29, 1.82) is 0 Å². The lowest BCUT2D eigenvalue weighted by Crippen LogP contribution is -1.93. The largest absolute Gasteiger partial charge is 0.207 e. The Morgan fingerprint density at radius 1 is 0.800 bits per heavy atom. The van der Waals surface area contributed by atoms with Gasteiger partial charge in [0.25, 0.3) is 0 Å². The van der Waals surface area contributed by atoms with Gasteiger partial charge in [-0.05, 0) is 73.6 Å². The van der Waals surface area contributed by atoms with E-state index in [0.29, 0.717) is 0 Å². The van der Waals surface area contributed by atoms with Crippen molar-refractivity contribution < 1.29 is 8.78 Å². The van der Waals surface area contributed by atoms with Crippen molar-refractivity contribution >= 4 is 50.8 Å². The molecule has 0 aliphatic heterocycles. The Balaban J connectivity index is 2.53. The van der Waals surface area contributed by atoms with Gasteiger partial charge in [0.2, 0.25) is 0 Å². The number of hydrogen-bond acceptors (Lipinski definition) is 0. The highest BCUT2D eigenvalue weighted by Crippen LogP contribution is 2.32. The lowest BCUT2D eigenvalue weighted by molar-refractivity contribution is 0.627. The predicted molar refractivity (Wildman–Crippen MR) is 96.3 cm³/mol. The molecule has 0 aromatic heterocycles. The molecule has 4 heteroatoms. The van der Waals surface area contributed by atoms with Gasteiger partial charge in [-0.1, -0.05) is 46.9 Å². The summed E-state index contributed by atoms with van der Waals surface area (Å²) in [5.41, 5.74) is 2.95. The fourth-order valence-corrected chi connectivity index (χ4v) is 4.38. The van der Waals surface area contributed by atoms with Crippen LogP contribution in [-0.2, 0) is 0 Å². The molecule has 104 valence electrons. The van der Waals surface area contributed by atoms with Crippen LogP contribution in [0.3, 0.4) is 0 Å². The van der Waals surface area contributed by atoms with Gasteiger partial charge in [0.15, 0.2) is 0 Å².